The van der Waals surface area contributed by atoms with E-state index in [-0.39, 0.29) is 18.3 Å². The molecule has 9 nitrogen and oxygen atoms in total. The van der Waals surface area contributed by atoms with Gasteiger partial charge in [-0.05, 0) is 56.9 Å². The van der Waals surface area contributed by atoms with Gasteiger partial charge in [0.15, 0.2) is 11.9 Å². The molecule has 1 aromatic heterocycles. The predicted molar refractivity (Wildman–Crippen MR) is 88.0 cm³/mol. The lowest BCUT2D eigenvalue weighted by atomic mass is 9.69. The van der Waals surface area contributed by atoms with Crippen LogP contribution in [0.5, 0.6) is 0 Å². The molecule has 138 valence electrons. The van der Waals surface area contributed by atoms with Gasteiger partial charge in [-0.1, -0.05) is 11.6 Å². The zero-order valence-corrected chi connectivity index (χ0v) is 14.2. The van der Waals surface area contributed by atoms with Gasteiger partial charge in [-0.15, -0.1) is 10.2 Å². The summed E-state index contributed by atoms with van der Waals surface area (Å²) in [5, 5.41) is 16.4. The molecule has 2 fully saturated rings. The van der Waals surface area contributed by atoms with Crippen molar-refractivity contribution in [1.82, 2.24) is 25.9 Å². The van der Waals surface area contributed by atoms with Gasteiger partial charge in [0.05, 0.1) is 1.37 Å². The number of amides is 1. The second kappa shape index (κ2) is 7.90. The molecule has 9 heteroatoms. The zero-order valence-electron chi connectivity index (χ0n) is 17.2. The number of ether oxygens (including phenoxy) is 1. The summed E-state index contributed by atoms with van der Waals surface area (Å²) < 4.78 is 30.2. The van der Waals surface area contributed by atoms with E-state index in [0.717, 1.165) is 12.8 Å². The summed E-state index contributed by atoms with van der Waals surface area (Å²) in [7, 11) is 0. The SMILES string of the molecule is [2H]C1([2H])N[C@]([2H])(C(=O)O[C@H](C)C(N)=O)C[C@H]2C[C@@H](CCc3nn[nH]n3)CC[C@H]21. The molecule has 1 amide bonds. The van der Waals surface area contributed by atoms with Gasteiger partial charge in [-0.2, -0.15) is 5.21 Å². The van der Waals surface area contributed by atoms with Crippen molar-refractivity contribution >= 4 is 11.9 Å². The number of carbonyl (C=O) groups excluding carboxylic acids is 2. The molecule has 1 saturated heterocycles. The summed E-state index contributed by atoms with van der Waals surface area (Å²) in [6.45, 7) is -0.545. The Morgan fingerprint density at radius 1 is 1.44 bits per heavy atom. The van der Waals surface area contributed by atoms with Crippen LogP contribution in [0.2, 0.25) is 0 Å². The highest BCUT2D eigenvalue weighted by Crippen LogP contribution is 2.40. The van der Waals surface area contributed by atoms with Crippen molar-refractivity contribution in [3.63, 3.8) is 0 Å². The van der Waals surface area contributed by atoms with Crippen molar-refractivity contribution in [3.8, 4) is 0 Å². The van der Waals surface area contributed by atoms with Gasteiger partial charge in [0, 0.05) is 9.16 Å². The maximum atomic E-state index is 12.5. The first-order valence-electron chi connectivity index (χ1n) is 10.1. The molecule has 0 aromatic carbocycles. The number of hydrogen-bond donors (Lipinski definition) is 3. The van der Waals surface area contributed by atoms with E-state index in [4.69, 9.17) is 14.6 Å². The van der Waals surface area contributed by atoms with E-state index >= 15 is 0 Å². The number of H-pyrrole nitrogens is 1. The number of nitrogens with two attached hydrogens (primary N) is 1. The van der Waals surface area contributed by atoms with E-state index in [1.54, 1.807) is 0 Å². The number of aryl methyl sites for hydroxylation is 1. The Bertz CT molecular complexity index is 718. The fourth-order valence-corrected chi connectivity index (χ4v) is 3.58. The molecular formula is C16H26N6O3. The maximum absolute atomic E-state index is 12.5. The lowest BCUT2D eigenvalue weighted by molar-refractivity contribution is -0.157. The number of fused-ring (bicyclic) bond motifs is 1. The molecule has 5 atom stereocenters. The van der Waals surface area contributed by atoms with Crippen LogP contribution in [0, 0.1) is 17.8 Å². The minimum absolute atomic E-state index is 0.125. The first-order valence-corrected chi connectivity index (χ1v) is 8.63. The Hall–Kier alpha value is -2.03. The highest BCUT2D eigenvalue weighted by atomic mass is 16.5. The van der Waals surface area contributed by atoms with Crippen molar-refractivity contribution in [2.45, 2.75) is 57.6 Å². The minimum Gasteiger partial charge on any atom is -0.451 e. The highest BCUT2D eigenvalue weighted by molar-refractivity contribution is 5.83. The number of rotatable bonds is 6. The number of nitrogens with zero attached hydrogens (tertiary/aromatic N) is 3. The molecule has 1 saturated carbocycles. The fourth-order valence-electron chi connectivity index (χ4n) is 3.58. The van der Waals surface area contributed by atoms with Crippen LogP contribution in [0.3, 0.4) is 0 Å². The Balaban J connectivity index is 1.67. The number of tetrazole rings is 1. The van der Waals surface area contributed by atoms with Crippen molar-refractivity contribution in [2.24, 2.45) is 23.5 Å². The first kappa shape index (κ1) is 14.2. The Labute approximate surface area is 150 Å². The summed E-state index contributed by atoms with van der Waals surface area (Å²) in [6, 6.07) is -1.95. The van der Waals surface area contributed by atoms with E-state index in [9.17, 15) is 9.59 Å². The molecule has 1 aliphatic heterocycles. The van der Waals surface area contributed by atoms with Crippen LogP contribution in [-0.4, -0.2) is 51.1 Å². The summed E-state index contributed by atoms with van der Waals surface area (Å²) >= 11 is 0. The van der Waals surface area contributed by atoms with Crippen LogP contribution in [0.15, 0.2) is 0 Å². The van der Waals surface area contributed by atoms with Crippen molar-refractivity contribution < 1.29 is 18.4 Å². The van der Waals surface area contributed by atoms with E-state index in [2.05, 4.69) is 25.9 Å². The van der Waals surface area contributed by atoms with E-state index < -0.39 is 30.5 Å². The smallest absolute Gasteiger partial charge is 0.323 e. The number of nitrogens with one attached hydrogen (secondary N) is 2. The van der Waals surface area contributed by atoms with E-state index in [1.807, 2.05) is 0 Å². The Kier molecular flexibility index (Phi) is 4.48. The third-order valence-corrected chi connectivity index (χ3v) is 5.06. The Morgan fingerprint density at radius 3 is 3.00 bits per heavy atom. The average Bonchev–Trinajstić information content (AvgIpc) is 3.12. The number of piperidine rings is 1. The quantitative estimate of drug-likeness (QED) is 0.610. The lowest BCUT2D eigenvalue weighted by Gasteiger charge is -2.42. The monoisotopic (exact) mass is 353 g/mol. The lowest BCUT2D eigenvalue weighted by Crippen LogP contribution is -2.51. The van der Waals surface area contributed by atoms with Crippen molar-refractivity contribution in [2.75, 3.05) is 6.50 Å². The van der Waals surface area contributed by atoms with Crippen LogP contribution < -0.4 is 11.1 Å². The van der Waals surface area contributed by atoms with Crippen LogP contribution in [-0.2, 0) is 20.7 Å². The average molecular weight is 353 g/mol. The topological polar surface area (TPSA) is 136 Å². The van der Waals surface area contributed by atoms with Crippen LogP contribution in [0.1, 0.15) is 49.0 Å². The van der Waals surface area contributed by atoms with Crippen molar-refractivity contribution in [3.05, 3.63) is 5.82 Å². The third-order valence-electron chi connectivity index (χ3n) is 5.06. The molecular weight excluding hydrogens is 324 g/mol. The molecule has 3 rings (SSSR count). The van der Waals surface area contributed by atoms with Crippen molar-refractivity contribution in [1.29, 1.82) is 0 Å². The number of primary amides is 1. The number of aromatic nitrogens is 4. The van der Waals surface area contributed by atoms with Gasteiger partial charge >= 0.3 is 5.97 Å². The molecule has 1 aromatic rings. The molecule has 1 aliphatic carbocycles. The highest BCUT2D eigenvalue weighted by Gasteiger charge is 2.38. The van der Waals surface area contributed by atoms with Crippen LogP contribution in [0.25, 0.3) is 0 Å². The number of esters is 1. The molecule has 2 aliphatic rings. The summed E-state index contributed by atoms with van der Waals surface area (Å²) in [5.74, 6) is -1.24. The molecule has 4 N–H and O–H groups in total. The first-order chi connectivity index (χ1) is 13.1. The zero-order chi connectivity index (χ0) is 20.5. The Morgan fingerprint density at radius 2 is 2.28 bits per heavy atom. The van der Waals surface area contributed by atoms with Gasteiger partial charge in [0.2, 0.25) is 0 Å². The molecule has 2 heterocycles. The fraction of sp³-hybridized carbons (Fsp3) is 0.812. The normalized spacial score (nSPS) is 37.0. The van der Waals surface area contributed by atoms with Gasteiger partial charge in [-0.3, -0.25) is 9.59 Å². The van der Waals surface area contributed by atoms with Gasteiger partial charge < -0.3 is 15.8 Å². The molecule has 0 bridgehead atoms. The summed E-state index contributed by atoms with van der Waals surface area (Å²) in [6.07, 6.45) is 2.72. The van der Waals surface area contributed by atoms with Crippen LogP contribution in [0.4, 0.5) is 0 Å². The van der Waals surface area contributed by atoms with Gasteiger partial charge in [-0.25, -0.2) is 0 Å². The van der Waals surface area contributed by atoms with Gasteiger partial charge in [0.25, 0.3) is 5.91 Å². The van der Waals surface area contributed by atoms with Gasteiger partial charge in [0.1, 0.15) is 6.02 Å². The second-order valence-corrected chi connectivity index (χ2v) is 6.81. The van der Waals surface area contributed by atoms with E-state index in [1.165, 1.54) is 6.92 Å². The number of aromatic amines is 1. The predicted octanol–water partition coefficient (Wildman–Crippen LogP) is -0.0563. The summed E-state index contributed by atoms with van der Waals surface area (Å²) in [4.78, 5) is 23.6. The molecule has 0 spiro atoms. The third kappa shape index (κ3) is 4.53. The van der Waals surface area contributed by atoms with E-state index in [0.29, 0.717) is 31.0 Å². The molecule has 25 heavy (non-hydrogen) atoms. The largest absolute Gasteiger partial charge is 0.451 e. The second-order valence-electron chi connectivity index (χ2n) is 6.81. The number of carbonyl (C=O) groups is 2. The standard InChI is InChI=1S/C16H26N6O3/c1-9(15(17)23)25-16(24)13-7-12-6-10(2-4-11(12)8-18-13)3-5-14-19-21-22-20-14/h9-13,18H,2-8H2,1H3,(H2,17,23)(H,19,20,21,22)/t9-,10-,11+,12-,13+/m1/s1/i8D2,13D. The molecule has 0 radical (unpaired) electrons. The summed E-state index contributed by atoms with van der Waals surface area (Å²) in [5.41, 5.74) is 5.12. The minimum atomic E-state index is -1.95. The maximum Gasteiger partial charge on any atom is 0.323 e. The van der Waals surface area contributed by atoms with Crippen LogP contribution >= 0.6 is 0 Å². The number of hydrogen-bond acceptors (Lipinski definition) is 7. The molecule has 0 unspecified atom stereocenters.